The first kappa shape index (κ1) is 18.0. The topological polar surface area (TPSA) is 55.0 Å². The molecule has 0 fully saturated rings. The number of rotatable bonds is 5. The number of anilines is 1. The highest BCUT2D eigenvalue weighted by Crippen LogP contribution is 2.31. The van der Waals surface area contributed by atoms with Crippen LogP contribution in [-0.4, -0.2) is 28.8 Å². The van der Waals surface area contributed by atoms with Crippen LogP contribution in [0, 0.1) is 5.82 Å². The third-order valence-corrected chi connectivity index (χ3v) is 4.34. The Morgan fingerprint density at radius 1 is 1.14 bits per heavy atom. The molecule has 2 aromatic carbocycles. The summed E-state index contributed by atoms with van der Waals surface area (Å²) in [7, 11) is 0. The first-order valence-corrected chi connectivity index (χ1v) is 8.61. The lowest BCUT2D eigenvalue weighted by atomic mass is 10.2. The van der Waals surface area contributed by atoms with Crippen molar-refractivity contribution in [1.29, 1.82) is 0 Å². The minimum absolute atomic E-state index is 0.0529. The molecule has 3 aromatic rings. The predicted molar refractivity (Wildman–Crippen MR) is 101 cm³/mol. The lowest BCUT2D eigenvalue weighted by molar-refractivity contribution is -0.0498. The highest BCUT2D eigenvalue weighted by atomic mass is 19.3. The van der Waals surface area contributed by atoms with Crippen LogP contribution in [0.3, 0.4) is 0 Å². The zero-order valence-electron chi connectivity index (χ0n) is 14.8. The number of nitrogens with zero attached hydrogens (tertiary/aromatic N) is 5. The molecule has 6 nitrogen and oxygen atoms in total. The number of hydrogen-bond acceptors (Lipinski definition) is 5. The molecule has 0 saturated carbocycles. The van der Waals surface area contributed by atoms with Crippen LogP contribution in [0.25, 0.3) is 11.0 Å². The molecule has 1 aliphatic rings. The van der Waals surface area contributed by atoms with Crippen LogP contribution in [0.1, 0.15) is 19.0 Å². The van der Waals surface area contributed by atoms with Gasteiger partial charge in [-0.05, 0) is 42.5 Å². The normalized spacial score (nSPS) is 16.3. The van der Waals surface area contributed by atoms with Gasteiger partial charge in [-0.2, -0.15) is 8.78 Å². The van der Waals surface area contributed by atoms with E-state index in [1.54, 1.807) is 29.4 Å². The van der Waals surface area contributed by atoms with Crippen LogP contribution in [0.4, 0.5) is 18.9 Å². The fourth-order valence-electron chi connectivity index (χ4n) is 3.15. The summed E-state index contributed by atoms with van der Waals surface area (Å²) in [5, 5.41) is 0. The Bertz CT molecular complexity index is 1050. The molecule has 1 aromatic heterocycles. The summed E-state index contributed by atoms with van der Waals surface area (Å²) in [4.78, 5) is 14.8. The number of alkyl halides is 2. The second-order valence-corrected chi connectivity index (χ2v) is 6.04. The first-order valence-electron chi connectivity index (χ1n) is 8.61. The fraction of sp³-hybridized carbons (Fsp3) is 0.211. The number of benzene rings is 2. The standard InChI is InChI=1S/C19H16F3N5O/c1-2-17-25-15-8-3-12(20)9-16(15)27(17)19-24-10-23-11-26(19)13-4-6-14(7-5-13)28-18(21)22/h3-11,18-19H,2H2,1H3. The van der Waals surface area contributed by atoms with Gasteiger partial charge in [0.1, 0.15) is 23.7 Å². The van der Waals surface area contributed by atoms with Crippen molar-refractivity contribution in [2.24, 2.45) is 9.98 Å². The number of aliphatic imine (C=N–C) groups is 2. The van der Waals surface area contributed by atoms with Crippen LogP contribution in [0.5, 0.6) is 5.75 Å². The average Bonchev–Trinajstić information content (AvgIpc) is 3.05. The predicted octanol–water partition coefficient (Wildman–Crippen LogP) is 4.37. The molecule has 1 atom stereocenters. The number of aryl methyl sites for hydroxylation is 1. The van der Waals surface area contributed by atoms with Crippen molar-refractivity contribution in [3.05, 3.63) is 54.1 Å². The van der Waals surface area contributed by atoms with Crippen molar-refractivity contribution in [2.45, 2.75) is 26.2 Å². The van der Waals surface area contributed by atoms with E-state index in [0.29, 0.717) is 23.1 Å². The van der Waals surface area contributed by atoms with Crippen molar-refractivity contribution in [3.63, 3.8) is 0 Å². The lowest BCUT2D eigenvalue weighted by Crippen LogP contribution is -2.33. The van der Waals surface area contributed by atoms with Crippen LogP contribution in [0.2, 0.25) is 0 Å². The van der Waals surface area contributed by atoms with Crippen LogP contribution >= 0.6 is 0 Å². The Morgan fingerprint density at radius 3 is 2.64 bits per heavy atom. The van der Waals surface area contributed by atoms with E-state index in [-0.39, 0.29) is 11.6 Å². The van der Waals surface area contributed by atoms with Crippen molar-refractivity contribution >= 4 is 29.4 Å². The van der Waals surface area contributed by atoms with E-state index in [2.05, 4.69) is 19.7 Å². The van der Waals surface area contributed by atoms with Gasteiger partial charge in [0.15, 0.2) is 0 Å². The van der Waals surface area contributed by atoms with Crippen molar-refractivity contribution in [1.82, 2.24) is 9.55 Å². The molecule has 9 heteroatoms. The van der Waals surface area contributed by atoms with Crippen molar-refractivity contribution in [3.8, 4) is 5.75 Å². The van der Waals surface area contributed by atoms with E-state index in [1.807, 2.05) is 11.5 Å². The van der Waals surface area contributed by atoms with E-state index in [4.69, 9.17) is 0 Å². The zero-order valence-corrected chi connectivity index (χ0v) is 14.8. The largest absolute Gasteiger partial charge is 0.435 e. The highest BCUT2D eigenvalue weighted by Gasteiger charge is 2.25. The van der Waals surface area contributed by atoms with Gasteiger partial charge in [0.2, 0.25) is 6.29 Å². The maximum atomic E-state index is 13.9. The molecule has 0 bridgehead atoms. The van der Waals surface area contributed by atoms with Gasteiger partial charge < -0.3 is 4.74 Å². The molecule has 1 unspecified atom stereocenters. The number of halogens is 3. The number of aromatic nitrogens is 2. The molecule has 2 heterocycles. The Labute approximate surface area is 158 Å². The Kier molecular flexibility index (Phi) is 4.72. The maximum Gasteiger partial charge on any atom is 0.387 e. The Balaban J connectivity index is 1.76. The SMILES string of the molecule is CCc1nc2ccc(F)cc2n1C1N=CN=CN1c1ccc(OC(F)F)cc1. The molecule has 28 heavy (non-hydrogen) atoms. The van der Waals surface area contributed by atoms with Gasteiger partial charge in [0, 0.05) is 12.1 Å². The molecular weight excluding hydrogens is 371 g/mol. The molecule has 144 valence electrons. The quantitative estimate of drug-likeness (QED) is 0.653. The summed E-state index contributed by atoms with van der Waals surface area (Å²) in [5.41, 5.74) is 1.93. The smallest absolute Gasteiger partial charge is 0.387 e. The number of fused-ring (bicyclic) bond motifs is 1. The average molecular weight is 387 g/mol. The summed E-state index contributed by atoms with van der Waals surface area (Å²) in [6, 6.07) is 10.5. The van der Waals surface area contributed by atoms with Gasteiger partial charge >= 0.3 is 6.61 Å². The van der Waals surface area contributed by atoms with Crippen LogP contribution in [-0.2, 0) is 6.42 Å². The van der Waals surface area contributed by atoms with E-state index >= 15 is 0 Å². The molecule has 0 saturated heterocycles. The summed E-state index contributed by atoms with van der Waals surface area (Å²) in [6.45, 7) is -0.936. The van der Waals surface area contributed by atoms with Crippen molar-refractivity contribution < 1.29 is 17.9 Å². The number of hydrogen-bond donors (Lipinski definition) is 0. The third-order valence-electron chi connectivity index (χ3n) is 4.34. The second-order valence-electron chi connectivity index (χ2n) is 6.04. The molecule has 0 amide bonds. The van der Waals surface area contributed by atoms with Gasteiger partial charge in [0.05, 0.1) is 17.4 Å². The fourth-order valence-corrected chi connectivity index (χ4v) is 3.15. The Morgan fingerprint density at radius 2 is 1.93 bits per heavy atom. The van der Waals surface area contributed by atoms with E-state index in [0.717, 1.165) is 5.82 Å². The molecule has 0 aliphatic carbocycles. The van der Waals surface area contributed by atoms with Crippen molar-refractivity contribution in [2.75, 3.05) is 4.90 Å². The maximum absolute atomic E-state index is 13.9. The van der Waals surface area contributed by atoms with Gasteiger partial charge in [-0.25, -0.2) is 19.4 Å². The van der Waals surface area contributed by atoms with E-state index < -0.39 is 12.9 Å². The monoisotopic (exact) mass is 387 g/mol. The third kappa shape index (κ3) is 3.30. The number of imidazole rings is 1. The molecule has 0 spiro atoms. The summed E-state index contributed by atoms with van der Waals surface area (Å²) in [5.74, 6) is 0.419. The molecule has 4 rings (SSSR count). The summed E-state index contributed by atoms with van der Waals surface area (Å²) >= 11 is 0. The van der Waals surface area contributed by atoms with Gasteiger partial charge in [-0.15, -0.1) is 0 Å². The van der Waals surface area contributed by atoms with Crippen LogP contribution in [0.15, 0.2) is 52.4 Å². The molecular formula is C19H16F3N5O. The van der Waals surface area contributed by atoms with E-state index in [9.17, 15) is 13.2 Å². The Hall–Kier alpha value is -3.36. The highest BCUT2D eigenvalue weighted by molar-refractivity contribution is 5.88. The first-order chi connectivity index (χ1) is 13.6. The summed E-state index contributed by atoms with van der Waals surface area (Å²) < 4.78 is 44.8. The van der Waals surface area contributed by atoms with Gasteiger partial charge in [-0.1, -0.05) is 6.92 Å². The zero-order chi connectivity index (χ0) is 19.7. The lowest BCUT2D eigenvalue weighted by Gasteiger charge is -2.30. The molecule has 0 radical (unpaired) electrons. The van der Waals surface area contributed by atoms with Crippen LogP contribution < -0.4 is 9.64 Å². The molecule has 0 N–H and O–H groups in total. The second kappa shape index (κ2) is 7.34. The van der Waals surface area contributed by atoms with E-state index in [1.165, 1.54) is 30.6 Å². The number of ether oxygens (including phenoxy) is 1. The summed E-state index contributed by atoms with van der Waals surface area (Å²) in [6.07, 6.45) is 3.03. The van der Waals surface area contributed by atoms with Gasteiger partial charge in [-0.3, -0.25) is 9.47 Å². The van der Waals surface area contributed by atoms with Gasteiger partial charge in [0.25, 0.3) is 0 Å². The molecule has 1 aliphatic heterocycles. The minimum atomic E-state index is -2.89. The minimum Gasteiger partial charge on any atom is -0.435 e.